The normalized spacial score (nSPS) is 10.3. The lowest BCUT2D eigenvalue weighted by molar-refractivity contribution is -0.384. The Morgan fingerprint density at radius 2 is 1.77 bits per heavy atom. The summed E-state index contributed by atoms with van der Waals surface area (Å²) in [5.74, 6) is -0.930. The average molecular weight is 425 g/mol. The Morgan fingerprint density at radius 1 is 1.00 bits per heavy atom. The number of aromatic nitrogens is 1. The van der Waals surface area contributed by atoms with E-state index in [-0.39, 0.29) is 27.7 Å². The summed E-state index contributed by atoms with van der Waals surface area (Å²) in [5.41, 5.74) is 1.28. The number of non-ortho nitro benzene ring substituents is 1. The van der Waals surface area contributed by atoms with Gasteiger partial charge in [-0.2, -0.15) is 0 Å². The molecule has 0 saturated carbocycles. The van der Waals surface area contributed by atoms with E-state index in [0.717, 1.165) is 11.8 Å². The van der Waals surface area contributed by atoms with Gasteiger partial charge in [-0.05, 0) is 30.3 Å². The van der Waals surface area contributed by atoms with Gasteiger partial charge < -0.3 is 10.6 Å². The molecule has 0 fully saturated rings. The molecular weight excluding hydrogens is 408 g/mol. The molecule has 1 aromatic heterocycles. The number of hydrogen-bond acceptors (Lipinski definition) is 5. The smallest absolute Gasteiger partial charge is 0.270 e. The maximum Gasteiger partial charge on any atom is 0.270 e. The minimum Gasteiger partial charge on any atom is -0.352 e. The number of nitro benzene ring substituents is 1. The number of nitro groups is 1. The van der Waals surface area contributed by atoms with Crippen LogP contribution in [0.1, 0.15) is 26.4 Å². The highest BCUT2D eigenvalue weighted by Crippen LogP contribution is 2.24. The Morgan fingerprint density at radius 3 is 2.47 bits per heavy atom. The molecule has 0 aliphatic rings. The van der Waals surface area contributed by atoms with Gasteiger partial charge in [-0.25, -0.2) is 0 Å². The molecule has 1 heterocycles. The summed E-state index contributed by atoms with van der Waals surface area (Å²) in [6.07, 6.45) is 2.25. The van der Waals surface area contributed by atoms with Crippen LogP contribution in [-0.2, 0) is 6.42 Å². The summed E-state index contributed by atoms with van der Waals surface area (Å²) in [6, 6.07) is 15.7. The van der Waals surface area contributed by atoms with E-state index in [1.807, 2.05) is 18.2 Å². The second-order valence-electron chi connectivity index (χ2n) is 6.25. The number of anilines is 1. The molecule has 30 heavy (non-hydrogen) atoms. The fourth-order valence-corrected chi connectivity index (χ4v) is 2.99. The summed E-state index contributed by atoms with van der Waals surface area (Å²) in [6.45, 7) is 0.381. The van der Waals surface area contributed by atoms with Gasteiger partial charge in [-0.15, -0.1) is 0 Å². The number of benzene rings is 2. The van der Waals surface area contributed by atoms with Crippen LogP contribution in [0.3, 0.4) is 0 Å². The third kappa shape index (κ3) is 5.18. The highest BCUT2D eigenvalue weighted by atomic mass is 35.5. The van der Waals surface area contributed by atoms with Crippen LogP contribution in [-0.4, -0.2) is 28.3 Å². The first kappa shape index (κ1) is 20.9. The fraction of sp³-hybridized carbons (Fsp3) is 0.0952. The van der Waals surface area contributed by atoms with E-state index in [0.29, 0.717) is 18.7 Å². The molecule has 0 unspecified atom stereocenters. The lowest BCUT2D eigenvalue weighted by atomic mass is 10.1. The Labute approximate surface area is 177 Å². The van der Waals surface area contributed by atoms with Crippen molar-refractivity contribution >= 4 is 34.8 Å². The van der Waals surface area contributed by atoms with E-state index in [1.165, 1.54) is 12.1 Å². The van der Waals surface area contributed by atoms with Crippen LogP contribution >= 0.6 is 11.6 Å². The fourth-order valence-electron chi connectivity index (χ4n) is 2.73. The molecule has 0 bridgehead atoms. The van der Waals surface area contributed by atoms with Crippen molar-refractivity contribution in [2.45, 2.75) is 6.42 Å². The zero-order chi connectivity index (χ0) is 21.5. The van der Waals surface area contributed by atoms with Crippen molar-refractivity contribution in [1.82, 2.24) is 10.3 Å². The third-order valence-corrected chi connectivity index (χ3v) is 4.53. The average Bonchev–Trinajstić information content (AvgIpc) is 2.74. The van der Waals surface area contributed by atoms with Gasteiger partial charge in [0.15, 0.2) is 0 Å². The SMILES string of the molecule is O=C(Nc1ccccc1C(=O)NCCc1ccccn1)c1ccc([N+](=O)[O-])cc1Cl. The highest BCUT2D eigenvalue weighted by molar-refractivity contribution is 6.34. The van der Waals surface area contributed by atoms with Gasteiger partial charge in [-0.1, -0.05) is 29.8 Å². The van der Waals surface area contributed by atoms with Gasteiger partial charge in [0.25, 0.3) is 17.5 Å². The van der Waals surface area contributed by atoms with Crippen LogP contribution in [0.25, 0.3) is 0 Å². The highest BCUT2D eigenvalue weighted by Gasteiger charge is 2.18. The Kier molecular flexibility index (Phi) is 6.71. The number of amides is 2. The third-order valence-electron chi connectivity index (χ3n) is 4.22. The topological polar surface area (TPSA) is 114 Å². The number of carbonyl (C=O) groups is 2. The molecule has 0 saturated heterocycles. The molecule has 152 valence electrons. The molecule has 0 aliphatic heterocycles. The van der Waals surface area contributed by atoms with E-state index in [2.05, 4.69) is 15.6 Å². The van der Waals surface area contributed by atoms with Gasteiger partial charge in [0.2, 0.25) is 0 Å². The predicted octanol–water partition coefficient (Wildman–Crippen LogP) is 3.87. The van der Waals surface area contributed by atoms with Crippen molar-refractivity contribution in [2.24, 2.45) is 0 Å². The lowest BCUT2D eigenvalue weighted by Gasteiger charge is -2.12. The van der Waals surface area contributed by atoms with Crippen LogP contribution in [0.2, 0.25) is 5.02 Å². The molecule has 0 spiro atoms. The van der Waals surface area contributed by atoms with E-state index >= 15 is 0 Å². The second-order valence-corrected chi connectivity index (χ2v) is 6.66. The first-order valence-electron chi connectivity index (χ1n) is 8.98. The first-order chi connectivity index (χ1) is 14.5. The van der Waals surface area contributed by atoms with Crippen molar-refractivity contribution in [1.29, 1.82) is 0 Å². The van der Waals surface area contributed by atoms with Gasteiger partial charge in [0, 0.05) is 37.0 Å². The Balaban J connectivity index is 1.69. The van der Waals surface area contributed by atoms with Gasteiger partial charge in [-0.3, -0.25) is 24.7 Å². The van der Waals surface area contributed by atoms with Crippen LogP contribution in [0, 0.1) is 10.1 Å². The number of halogens is 1. The zero-order valence-electron chi connectivity index (χ0n) is 15.7. The van der Waals surface area contributed by atoms with Crippen molar-refractivity contribution in [2.75, 3.05) is 11.9 Å². The predicted molar refractivity (Wildman–Crippen MR) is 113 cm³/mol. The molecule has 3 rings (SSSR count). The van der Waals surface area contributed by atoms with E-state index in [1.54, 1.807) is 30.5 Å². The van der Waals surface area contributed by atoms with Gasteiger partial charge in [0.05, 0.1) is 26.8 Å². The number of nitrogens with one attached hydrogen (secondary N) is 2. The minimum atomic E-state index is -0.599. The number of rotatable bonds is 7. The van der Waals surface area contributed by atoms with Crippen molar-refractivity contribution < 1.29 is 14.5 Å². The molecule has 2 amide bonds. The molecule has 0 radical (unpaired) electrons. The number of carbonyl (C=O) groups excluding carboxylic acids is 2. The summed E-state index contributed by atoms with van der Waals surface area (Å²) in [4.78, 5) is 39.6. The Bertz CT molecular complexity index is 1090. The van der Waals surface area contributed by atoms with E-state index in [9.17, 15) is 19.7 Å². The van der Waals surface area contributed by atoms with Crippen molar-refractivity contribution in [3.63, 3.8) is 0 Å². The molecule has 8 nitrogen and oxygen atoms in total. The first-order valence-corrected chi connectivity index (χ1v) is 9.36. The van der Waals surface area contributed by atoms with Crippen molar-refractivity contribution in [3.8, 4) is 0 Å². The van der Waals surface area contributed by atoms with Crippen LogP contribution in [0.4, 0.5) is 11.4 Å². The minimum absolute atomic E-state index is 0.0565. The van der Waals surface area contributed by atoms with Gasteiger partial charge >= 0.3 is 0 Å². The zero-order valence-corrected chi connectivity index (χ0v) is 16.4. The summed E-state index contributed by atoms with van der Waals surface area (Å²) >= 11 is 6.01. The summed E-state index contributed by atoms with van der Waals surface area (Å²) < 4.78 is 0. The molecule has 0 atom stereocenters. The lowest BCUT2D eigenvalue weighted by Crippen LogP contribution is -2.27. The second kappa shape index (κ2) is 9.62. The number of pyridine rings is 1. The van der Waals surface area contributed by atoms with Crippen molar-refractivity contribution in [3.05, 3.63) is 98.8 Å². The monoisotopic (exact) mass is 424 g/mol. The summed E-state index contributed by atoms with van der Waals surface area (Å²) in [5, 5.41) is 16.2. The van der Waals surface area contributed by atoms with E-state index < -0.39 is 10.8 Å². The van der Waals surface area contributed by atoms with Crippen LogP contribution < -0.4 is 10.6 Å². The molecule has 2 aromatic carbocycles. The number of hydrogen-bond donors (Lipinski definition) is 2. The maximum atomic E-state index is 12.6. The van der Waals surface area contributed by atoms with Gasteiger partial charge in [0.1, 0.15) is 0 Å². The van der Waals surface area contributed by atoms with E-state index in [4.69, 9.17) is 11.6 Å². The molecule has 9 heteroatoms. The molecular formula is C21H17ClN4O4. The molecule has 0 aliphatic carbocycles. The quantitative estimate of drug-likeness (QED) is 0.441. The van der Waals surface area contributed by atoms with Crippen LogP contribution in [0.5, 0.6) is 0 Å². The Hall–Kier alpha value is -3.78. The summed E-state index contributed by atoms with van der Waals surface area (Å²) in [7, 11) is 0. The molecule has 2 N–H and O–H groups in total. The standard InChI is InChI=1S/C21H17ClN4O4/c22-18-13-15(26(29)30)8-9-16(18)21(28)25-19-7-2-1-6-17(19)20(27)24-12-10-14-5-3-4-11-23-14/h1-9,11,13H,10,12H2,(H,24,27)(H,25,28). The number of para-hydroxylation sites is 1. The molecule has 3 aromatic rings. The maximum absolute atomic E-state index is 12.6. The van der Waals surface area contributed by atoms with Crippen LogP contribution in [0.15, 0.2) is 66.9 Å². The largest absolute Gasteiger partial charge is 0.352 e. The number of nitrogens with zero attached hydrogens (tertiary/aromatic N) is 2.